The van der Waals surface area contributed by atoms with Gasteiger partial charge in [0.15, 0.2) is 6.61 Å². The average molecular weight is 309 g/mol. The molecule has 0 bridgehead atoms. The standard InChI is InChI=1S/C15H23N3O4/c1-3-4-5-6-8-12(2)17-14(19)11-22-13-9-7-10-16-15(13)18(20)21/h7,9-10,12H,3-6,8,11H2,1-2H3,(H,17,19)/t12-/m1/s1. The third-order valence-electron chi connectivity index (χ3n) is 3.18. The van der Waals surface area contributed by atoms with E-state index in [-0.39, 0.29) is 30.1 Å². The molecule has 1 N–H and O–H groups in total. The number of hydrogen-bond acceptors (Lipinski definition) is 5. The first-order chi connectivity index (χ1) is 10.5. The van der Waals surface area contributed by atoms with Crippen molar-refractivity contribution in [2.75, 3.05) is 6.61 Å². The number of aromatic nitrogens is 1. The maximum absolute atomic E-state index is 11.8. The summed E-state index contributed by atoms with van der Waals surface area (Å²) in [5.41, 5.74) is 0. The fourth-order valence-electron chi connectivity index (χ4n) is 2.04. The molecule has 122 valence electrons. The summed E-state index contributed by atoms with van der Waals surface area (Å²) < 4.78 is 5.19. The Morgan fingerprint density at radius 1 is 1.45 bits per heavy atom. The third-order valence-corrected chi connectivity index (χ3v) is 3.18. The number of nitrogens with one attached hydrogen (secondary N) is 1. The molecule has 0 aliphatic heterocycles. The minimum atomic E-state index is -0.635. The lowest BCUT2D eigenvalue weighted by Gasteiger charge is -2.14. The normalized spacial score (nSPS) is 11.7. The predicted octanol–water partition coefficient (Wildman–Crippen LogP) is 2.84. The highest BCUT2D eigenvalue weighted by Gasteiger charge is 2.17. The van der Waals surface area contributed by atoms with Crippen molar-refractivity contribution >= 4 is 11.7 Å². The second kappa shape index (κ2) is 9.70. The van der Waals surface area contributed by atoms with Crippen LogP contribution in [0.15, 0.2) is 18.3 Å². The Morgan fingerprint density at radius 2 is 2.23 bits per heavy atom. The molecular weight excluding hydrogens is 286 g/mol. The number of ether oxygens (including phenoxy) is 1. The van der Waals surface area contributed by atoms with E-state index in [1.165, 1.54) is 31.2 Å². The van der Waals surface area contributed by atoms with Crippen molar-refractivity contribution in [1.29, 1.82) is 0 Å². The van der Waals surface area contributed by atoms with Gasteiger partial charge < -0.3 is 20.2 Å². The van der Waals surface area contributed by atoms with Crippen molar-refractivity contribution in [3.8, 4) is 5.75 Å². The van der Waals surface area contributed by atoms with E-state index >= 15 is 0 Å². The monoisotopic (exact) mass is 309 g/mol. The van der Waals surface area contributed by atoms with Gasteiger partial charge >= 0.3 is 5.82 Å². The summed E-state index contributed by atoms with van der Waals surface area (Å²) in [5, 5.41) is 13.6. The summed E-state index contributed by atoms with van der Waals surface area (Å²) in [6.45, 7) is 3.84. The van der Waals surface area contributed by atoms with Gasteiger partial charge in [-0.3, -0.25) is 4.79 Å². The first-order valence-corrected chi connectivity index (χ1v) is 7.56. The van der Waals surface area contributed by atoms with Crippen LogP contribution in [0.4, 0.5) is 5.82 Å². The predicted molar refractivity (Wildman–Crippen MR) is 82.8 cm³/mol. The highest BCUT2D eigenvalue weighted by molar-refractivity contribution is 5.77. The second-order valence-corrected chi connectivity index (χ2v) is 5.19. The lowest BCUT2D eigenvalue weighted by molar-refractivity contribution is -0.390. The minimum Gasteiger partial charge on any atom is -0.476 e. The van der Waals surface area contributed by atoms with Crippen LogP contribution in [0.5, 0.6) is 5.75 Å². The Hall–Kier alpha value is -2.18. The van der Waals surface area contributed by atoms with Crippen LogP contribution in [0, 0.1) is 10.1 Å². The van der Waals surface area contributed by atoms with Crippen molar-refractivity contribution in [3.05, 3.63) is 28.4 Å². The zero-order valence-corrected chi connectivity index (χ0v) is 13.1. The number of nitrogens with zero attached hydrogens (tertiary/aromatic N) is 2. The summed E-state index contributed by atoms with van der Waals surface area (Å²) in [4.78, 5) is 25.5. The number of pyridine rings is 1. The van der Waals surface area contributed by atoms with Gasteiger partial charge in [0.1, 0.15) is 6.20 Å². The molecule has 0 saturated heterocycles. The van der Waals surface area contributed by atoms with Gasteiger partial charge in [-0.15, -0.1) is 0 Å². The molecule has 0 aliphatic rings. The molecule has 0 spiro atoms. The highest BCUT2D eigenvalue weighted by atomic mass is 16.6. The lowest BCUT2D eigenvalue weighted by atomic mass is 10.1. The Bertz CT molecular complexity index is 493. The number of carbonyl (C=O) groups is 1. The van der Waals surface area contributed by atoms with Gasteiger partial charge in [0, 0.05) is 6.04 Å². The van der Waals surface area contributed by atoms with Crippen molar-refractivity contribution in [2.24, 2.45) is 0 Å². The van der Waals surface area contributed by atoms with Crippen LogP contribution in [-0.4, -0.2) is 28.5 Å². The average Bonchev–Trinajstić information content (AvgIpc) is 2.49. The van der Waals surface area contributed by atoms with E-state index in [2.05, 4.69) is 17.2 Å². The molecule has 0 aromatic carbocycles. The number of carbonyl (C=O) groups excluding carboxylic acids is 1. The van der Waals surface area contributed by atoms with Gasteiger partial charge in [-0.25, -0.2) is 0 Å². The smallest absolute Gasteiger partial charge is 0.406 e. The van der Waals surface area contributed by atoms with Gasteiger partial charge in [-0.1, -0.05) is 32.6 Å². The topological polar surface area (TPSA) is 94.4 Å². The molecule has 0 fully saturated rings. The highest BCUT2D eigenvalue weighted by Crippen LogP contribution is 2.22. The van der Waals surface area contributed by atoms with E-state index in [0.717, 1.165) is 19.3 Å². The minimum absolute atomic E-state index is 0.00162. The Labute approximate surface area is 130 Å². The number of rotatable bonds is 10. The first-order valence-electron chi connectivity index (χ1n) is 7.56. The molecule has 1 heterocycles. The molecule has 0 aliphatic carbocycles. The number of amides is 1. The maximum atomic E-state index is 11.8. The maximum Gasteiger partial charge on any atom is 0.406 e. The van der Waals surface area contributed by atoms with Crippen LogP contribution in [0.25, 0.3) is 0 Å². The van der Waals surface area contributed by atoms with Gasteiger partial charge in [-0.05, 0) is 35.4 Å². The van der Waals surface area contributed by atoms with Gasteiger partial charge in [-0.2, -0.15) is 0 Å². The summed E-state index contributed by atoms with van der Waals surface area (Å²) in [5.74, 6) is -0.678. The van der Waals surface area contributed by atoms with Crippen LogP contribution >= 0.6 is 0 Å². The van der Waals surface area contributed by atoms with E-state index in [1.54, 1.807) is 0 Å². The Kier molecular flexibility index (Phi) is 7.88. The number of unbranched alkanes of at least 4 members (excludes halogenated alkanes) is 3. The largest absolute Gasteiger partial charge is 0.476 e. The first kappa shape index (κ1) is 17.9. The number of nitro groups is 1. The summed E-state index contributed by atoms with van der Waals surface area (Å²) >= 11 is 0. The molecule has 7 heteroatoms. The third kappa shape index (κ3) is 6.51. The molecule has 22 heavy (non-hydrogen) atoms. The summed E-state index contributed by atoms with van der Waals surface area (Å²) in [6, 6.07) is 3.01. The lowest BCUT2D eigenvalue weighted by Crippen LogP contribution is -2.36. The van der Waals surface area contributed by atoms with Gasteiger partial charge in [0.25, 0.3) is 5.91 Å². The van der Waals surface area contributed by atoms with E-state index in [1.807, 2.05) is 6.92 Å². The molecular formula is C15H23N3O4. The molecule has 7 nitrogen and oxygen atoms in total. The molecule has 1 aromatic heterocycles. The summed E-state index contributed by atoms with van der Waals surface area (Å²) in [7, 11) is 0. The van der Waals surface area contributed by atoms with E-state index < -0.39 is 4.92 Å². The van der Waals surface area contributed by atoms with Gasteiger partial charge in [0.2, 0.25) is 5.75 Å². The van der Waals surface area contributed by atoms with E-state index in [4.69, 9.17) is 4.74 Å². The number of hydrogen-bond donors (Lipinski definition) is 1. The molecule has 0 saturated carbocycles. The Balaban J connectivity index is 2.35. The zero-order chi connectivity index (χ0) is 16.4. The molecule has 0 radical (unpaired) electrons. The zero-order valence-electron chi connectivity index (χ0n) is 13.1. The van der Waals surface area contributed by atoms with Crippen LogP contribution in [0.2, 0.25) is 0 Å². The molecule has 1 amide bonds. The quantitative estimate of drug-likeness (QED) is 0.407. The Morgan fingerprint density at radius 3 is 2.91 bits per heavy atom. The van der Waals surface area contributed by atoms with Crippen LogP contribution in [0.1, 0.15) is 46.0 Å². The van der Waals surface area contributed by atoms with Gasteiger partial charge in [0.05, 0.1) is 0 Å². The van der Waals surface area contributed by atoms with Crippen LogP contribution < -0.4 is 10.1 Å². The SMILES string of the molecule is CCCCCC[C@@H](C)NC(=O)COc1cccnc1[N+](=O)[O-]. The fourth-order valence-corrected chi connectivity index (χ4v) is 2.04. The van der Waals surface area contributed by atoms with E-state index in [9.17, 15) is 14.9 Å². The molecule has 1 aromatic rings. The molecule has 1 atom stereocenters. The van der Waals surface area contributed by atoms with Crippen LogP contribution in [0.3, 0.4) is 0 Å². The van der Waals surface area contributed by atoms with E-state index in [0.29, 0.717) is 0 Å². The van der Waals surface area contributed by atoms with Crippen molar-refractivity contribution in [3.63, 3.8) is 0 Å². The van der Waals surface area contributed by atoms with Crippen LogP contribution in [-0.2, 0) is 4.79 Å². The fraction of sp³-hybridized carbons (Fsp3) is 0.600. The van der Waals surface area contributed by atoms with Crippen molar-refractivity contribution in [2.45, 2.75) is 52.0 Å². The summed E-state index contributed by atoms with van der Waals surface area (Å²) in [6.07, 6.45) is 6.84. The molecule has 0 unspecified atom stereocenters. The second-order valence-electron chi connectivity index (χ2n) is 5.19. The van der Waals surface area contributed by atoms with Crippen molar-refractivity contribution < 1.29 is 14.5 Å². The molecule has 1 rings (SSSR count). The van der Waals surface area contributed by atoms with Crippen molar-refractivity contribution in [1.82, 2.24) is 10.3 Å².